The average molecular weight is 377 g/mol. The van der Waals surface area contributed by atoms with Crippen molar-refractivity contribution < 1.29 is 0 Å². The highest BCUT2D eigenvalue weighted by Gasteiger charge is 2.40. The van der Waals surface area contributed by atoms with E-state index in [2.05, 4.69) is 84.5 Å². The van der Waals surface area contributed by atoms with Gasteiger partial charge in [-0.2, -0.15) is 0 Å². The Kier molecular flexibility index (Phi) is 4.28. The summed E-state index contributed by atoms with van der Waals surface area (Å²) in [6.45, 7) is 4.64. The van der Waals surface area contributed by atoms with Crippen molar-refractivity contribution in [3.05, 3.63) is 96.6 Å². The Labute approximate surface area is 172 Å². The monoisotopic (exact) mass is 376 g/mol. The second-order valence-electron chi connectivity index (χ2n) is 7.78. The van der Waals surface area contributed by atoms with Crippen LogP contribution in [0.2, 0.25) is 0 Å². The second-order valence-corrected chi connectivity index (χ2v) is 7.78. The Balaban J connectivity index is 1.71. The molecule has 1 aliphatic carbocycles. The van der Waals surface area contributed by atoms with E-state index in [0.717, 1.165) is 12.8 Å². The Morgan fingerprint density at radius 2 is 0.966 bits per heavy atom. The van der Waals surface area contributed by atoms with Crippen molar-refractivity contribution in [2.24, 2.45) is 0 Å². The van der Waals surface area contributed by atoms with Gasteiger partial charge in [0.1, 0.15) is 0 Å². The third kappa shape index (κ3) is 2.71. The lowest BCUT2D eigenvalue weighted by atomic mass is 9.73. The minimum atomic E-state index is 0.0523. The minimum absolute atomic E-state index is 0.0523. The van der Waals surface area contributed by atoms with Crippen molar-refractivity contribution in [2.45, 2.75) is 32.1 Å². The zero-order valence-electron chi connectivity index (χ0n) is 16.9. The molecule has 29 heavy (non-hydrogen) atoms. The minimum Gasteiger partial charge on any atom is -0.265 e. The molecule has 2 heterocycles. The SMILES string of the molecule is CCC1(CC)c2cc(-c3ccncc3)ccc2-c2ccc(-c3ccncc3)cc21. The molecule has 1 aliphatic rings. The summed E-state index contributed by atoms with van der Waals surface area (Å²) in [6, 6.07) is 22.3. The molecule has 2 aromatic heterocycles. The lowest BCUT2D eigenvalue weighted by molar-refractivity contribution is 0.491. The van der Waals surface area contributed by atoms with Gasteiger partial charge < -0.3 is 0 Å². The first-order valence-corrected chi connectivity index (χ1v) is 10.4. The number of pyridine rings is 2. The molecule has 0 spiro atoms. The predicted molar refractivity (Wildman–Crippen MR) is 120 cm³/mol. The van der Waals surface area contributed by atoms with E-state index in [-0.39, 0.29) is 5.41 Å². The number of fused-ring (bicyclic) bond motifs is 3. The van der Waals surface area contributed by atoms with E-state index >= 15 is 0 Å². The number of rotatable bonds is 4. The first-order valence-electron chi connectivity index (χ1n) is 10.4. The van der Waals surface area contributed by atoms with E-state index < -0.39 is 0 Å². The highest BCUT2D eigenvalue weighted by atomic mass is 14.6. The molecule has 0 bridgehead atoms. The van der Waals surface area contributed by atoms with E-state index in [1.54, 1.807) is 0 Å². The van der Waals surface area contributed by atoms with Crippen molar-refractivity contribution >= 4 is 0 Å². The van der Waals surface area contributed by atoms with Crippen LogP contribution in [0.5, 0.6) is 0 Å². The van der Waals surface area contributed by atoms with Crippen LogP contribution in [0.25, 0.3) is 33.4 Å². The zero-order chi connectivity index (χ0) is 19.8. The van der Waals surface area contributed by atoms with Gasteiger partial charge >= 0.3 is 0 Å². The van der Waals surface area contributed by atoms with Crippen LogP contribution in [0.15, 0.2) is 85.5 Å². The molecule has 0 saturated carbocycles. The topological polar surface area (TPSA) is 25.8 Å². The number of nitrogens with zero attached hydrogens (tertiary/aromatic N) is 2. The summed E-state index contributed by atoms with van der Waals surface area (Å²) >= 11 is 0. The summed E-state index contributed by atoms with van der Waals surface area (Å²) < 4.78 is 0. The molecule has 5 rings (SSSR count). The van der Waals surface area contributed by atoms with Crippen LogP contribution in [0, 0.1) is 0 Å². The van der Waals surface area contributed by atoms with E-state index in [4.69, 9.17) is 0 Å². The van der Waals surface area contributed by atoms with Gasteiger partial charge in [0.15, 0.2) is 0 Å². The first-order chi connectivity index (χ1) is 14.3. The summed E-state index contributed by atoms with van der Waals surface area (Å²) in [5.74, 6) is 0. The average Bonchev–Trinajstić information content (AvgIpc) is 3.09. The third-order valence-corrected chi connectivity index (χ3v) is 6.59. The number of hydrogen-bond donors (Lipinski definition) is 0. The molecule has 4 aromatic rings. The van der Waals surface area contributed by atoms with Crippen LogP contribution in [0.1, 0.15) is 37.8 Å². The first kappa shape index (κ1) is 17.8. The Morgan fingerprint density at radius 3 is 1.34 bits per heavy atom. The van der Waals surface area contributed by atoms with Crippen LogP contribution in [-0.4, -0.2) is 9.97 Å². The van der Waals surface area contributed by atoms with E-state index in [1.165, 1.54) is 44.5 Å². The molecule has 2 aromatic carbocycles. The van der Waals surface area contributed by atoms with Gasteiger partial charge in [0.05, 0.1) is 0 Å². The highest BCUT2D eigenvalue weighted by Crippen LogP contribution is 2.54. The van der Waals surface area contributed by atoms with Crippen molar-refractivity contribution in [1.82, 2.24) is 9.97 Å². The van der Waals surface area contributed by atoms with Crippen LogP contribution in [-0.2, 0) is 5.41 Å². The maximum atomic E-state index is 4.17. The summed E-state index contributed by atoms with van der Waals surface area (Å²) in [6.07, 6.45) is 9.64. The number of hydrogen-bond acceptors (Lipinski definition) is 2. The molecule has 2 nitrogen and oxygen atoms in total. The molecule has 0 aliphatic heterocycles. The highest BCUT2D eigenvalue weighted by molar-refractivity contribution is 5.86. The lowest BCUT2D eigenvalue weighted by Gasteiger charge is -2.30. The molecule has 142 valence electrons. The smallest absolute Gasteiger partial charge is 0.0273 e. The van der Waals surface area contributed by atoms with Gasteiger partial charge in [-0.15, -0.1) is 0 Å². The van der Waals surface area contributed by atoms with Gasteiger partial charge in [-0.25, -0.2) is 0 Å². The van der Waals surface area contributed by atoms with Crippen LogP contribution >= 0.6 is 0 Å². The predicted octanol–water partition coefficient (Wildman–Crippen LogP) is 6.90. The molecular formula is C27H24N2. The van der Waals surface area contributed by atoms with Crippen molar-refractivity contribution in [1.29, 1.82) is 0 Å². The number of benzene rings is 2. The molecule has 0 atom stereocenters. The van der Waals surface area contributed by atoms with Crippen molar-refractivity contribution in [3.63, 3.8) is 0 Å². The van der Waals surface area contributed by atoms with Crippen molar-refractivity contribution in [2.75, 3.05) is 0 Å². The Hall–Kier alpha value is -3.26. The fourth-order valence-corrected chi connectivity index (χ4v) is 4.95. The van der Waals surface area contributed by atoms with E-state index in [0.29, 0.717) is 0 Å². The largest absolute Gasteiger partial charge is 0.265 e. The molecule has 0 amide bonds. The fourth-order valence-electron chi connectivity index (χ4n) is 4.95. The quantitative estimate of drug-likeness (QED) is 0.387. The zero-order valence-corrected chi connectivity index (χ0v) is 16.9. The van der Waals surface area contributed by atoms with Crippen LogP contribution in [0.4, 0.5) is 0 Å². The van der Waals surface area contributed by atoms with E-state index in [1.807, 2.05) is 24.8 Å². The fraction of sp³-hybridized carbons (Fsp3) is 0.185. The van der Waals surface area contributed by atoms with Gasteiger partial charge in [-0.3, -0.25) is 9.97 Å². The third-order valence-electron chi connectivity index (χ3n) is 6.59. The maximum absolute atomic E-state index is 4.17. The summed E-state index contributed by atoms with van der Waals surface area (Å²) in [5.41, 5.74) is 10.7. The lowest BCUT2D eigenvalue weighted by Crippen LogP contribution is -2.23. The van der Waals surface area contributed by atoms with Gasteiger partial charge in [-0.05, 0) is 93.7 Å². The van der Waals surface area contributed by atoms with Gasteiger partial charge in [0.25, 0.3) is 0 Å². The molecule has 0 fully saturated rings. The van der Waals surface area contributed by atoms with Crippen LogP contribution in [0.3, 0.4) is 0 Å². The van der Waals surface area contributed by atoms with E-state index in [9.17, 15) is 0 Å². The molecule has 0 N–H and O–H groups in total. The molecule has 2 heteroatoms. The van der Waals surface area contributed by atoms with Crippen LogP contribution < -0.4 is 0 Å². The summed E-state index contributed by atoms with van der Waals surface area (Å²) in [7, 11) is 0. The molecular weight excluding hydrogens is 352 g/mol. The van der Waals surface area contributed by atoms with Crippen molar-refractivity contribution in [3.8, 4) is 33.4 Å². The summed E-state index contributed by atoms with van der Waals surface area (Å²) in [5, 5.41) is 0. The Morgan fingerprint density at radius 1 is 0.552 bits per heavy atom. The van der Waals surface area contributed by atoms with Gasteiger partial charge in [0.2, 0.25) is 0 Å². The molecule has 0 radical (unpaired) electrons. The van der Waals surface area contributed by atoms with Gasteiger partial charge in [-0.1, -0.05) is 38.1 Å². The second kappa shape index (κ2) is 6.97. The van der Waals surface area contributed by atoms with Gasteiger partial charge in [0, 0.05) is 30.2 Å². The Bertz CT molecular complexity index is 1070. The molecule has 0 unspecified atom stereocenters. The normalized spacial score (nSPS) is 13.7. The summed E-state index contributed by atoms with van der Waals surface area (Å²) in [4.78, 5) is 8.34. The number of aromatic nitrogens is 2. The molecule has 0 saturated heterocycles. The maximum Gasteiger partial charge on any atom is 0.0273 e. The standard InChI is InChI=1S/C27H24N2/c1-3-27(4-2)25-17-21(19-9-13-28-14-10-19)5-7-23(25)24-8-6-22(18-26(24)27)20-11-15-29-16-12-20/h5-18H,3-4H2,1-2H3.